The summed E-state index contributed by atoms with van der Waals surface area (Å²) in [7, 11) is -1.19. The molecule has 0 unspecified atom stereocenters. The monoisotopic (exact) mass is 705 g/mol. The molecule has 0 aliphatic rings. The maximum absolute atomic E-state index is 13.5. The van der Waals surface area contributed by atoms with Gasteiger partial charge in [-0.05, 0) is 70.0 Å². The third kappa shape index (κ3) is 7.99. The second-order valence-corrected chi connectivity index (χ2v) is 12.4. The van der Waals surface area contributed by atoms with Gasteiger partial charge in [-0.3, -0.25) is 9.10 Å². The molecular formula is C30H26BrCl2N3O6S. The Balaban J connectivity index is 1.51. The largest absolute Gasteiger partial charge is 0.495 e. The summed E-state index contributed by atoms with van der Waals surface area (Å²) >= 11 is 16.0. The molecule has 4 aromatic rings. The maximum atomic E-state index is 13.5. The van der Waals surface area contributed by atoms with Gasteiger partial charge in [-0.15, -0.1) is 0 Å². The predicted octanol–water partition coefficient (Wildman–Crippen LogP) is 6.70. The summed E-state index contributed by atoms with van der Waals surface area (Å²) in [6.45, 7) is -0.348. The van der Waals surface area contributed by atoms with Crippen molar-refractivity contribution >= 4 is 67.0 Å². The Bertz CT molecular complexity index is 1740. The SMILES string of the molecule is COc1ccc(N(CC(=O)N/N=C\c2cc(Br)c(OCc3ccccc3Cl)c(OC)c2)S(=O)(=O)c2ccccc2)cc1Cl. The molecule has 13 heteroatoms. The third-order valence-corrected chi connectivity index (χ3v) is 9.07. The lowest BCUT2D eigenvalue weighted by Gasteiger charge is -2.24. The first-order chi connectivity index (χ1) is 20.6. The van der Waals surface area contributed by atoms with E-state index < -0.39 is 22.5 Å². The molecule has 0 fully saturated rings. The zero-order chi connectivity index (χ0) is 31.0. The Morgan fingerprint density at radius 2 is 1.63 bits per heavy atom. The molecule has 4 rings (SSSR count). The predicted molar refractivity (Wildman–Crippen MR) is 171 cm³/mol. The Morgan fingerprint density at radius 3 is 2.30 bits per heavy atom. The van der Waals surface area contributed by atoms with Crippen molar-refractivity contribution < 1.29 is 27.4 Å². The molecule has 224 valence electrons. The number of halogens is 3. The Morgan fingerprint density at radius 1 is 0.930 bits per heavy atom. The van der Waals surface area contributed by atoms with Gasteiger partial charge in [0.1, 0.15) is 18.9 Å². The average molecular weight is 707 g/mol. The highest BCUT2D eigenvalue weighted by Gasteiger charge is 2.27. The second-order valence-electron chi connectivity index (χ2n) is 8.85. The van der Waals surface area contributed by atoms with Crippen LogP contribution < -0.4 is 23.9 Å². The molecule has 9 nitrogen and oxygen atoms in total. The molecule has 0 aliphatic carbocycles. The van der Waals surface area contributed by atoms with Crippen LogP contribution in [0.1, 0.15) is 11.1 Å². The summed E-state index contributed by atoms with van der Waals surface area (Å²) in [5.74, 6) is 0.557. The standard InChI is InChI=1S/C30H26BrCl2N3O6S/c1-40-27-13-12-22(16-26(27)33)36(43(38,39)23-9-4-3-5-10-23)18-29(37)35-34-17-20-14-24(31)30(28(15-20)41-2)42-19-21-8-6-7-11-25(21)32/h3-17H,18-19H2,1-2H3,(H,35,37)/b34-17-. The van der Waals surface area contributed by atoms with E-state index in [4.69, 9.17) is 37.4 Å². The fourth-order valence-electron chi connectivity index (χ4n) is 3.91. The molecule has 0 atom stereocenters. The van der Waals surface area contributed by atoms with E-state index >= 15 is 0 Å². The molecular weight excluding hydrogens is 681 g/mol. The molecule has 0 bridgehead atoms. The lowest BCUT2D eigenvalue weighted by Crippen LogP contribution is -2.39. The van der Waals surface area contributed by atoms with E-state index in [9.17, 15) is 13.2 Å². The van der Waals surface area contributed by atoms with Gasteiger partial charge >= 0.3 is 0 Å². The number of methoxy groups -OCH3 is 2. The summed E-state index contributed by atoms with van der Waals surface area (Å²) < 4.78 is 45.2. The van der Waals surface area contributed by atoms with Crippen LogP contribution in [0.5, 0.6) is 17.2 Å². The number of hydrogen-bond acceptors (Lipinski definition) is 7. The van der Waals surface area contributed by atoms with Gasteiger partial charge in [0, 0.05) is 10.6 Å². The molecule has 0 saturated carbocycles. The number of benzene rings is 4. The Hall–Kier alpha value is -3.77. The molecule has 0 aliphatic heterocycles. The summed E-state index contributed by atoms with van der Waals surface area (Å²) in [5.41, 5.74) is 3.94. The van der Waals surface area contributed by atoms with Gasteiger partial charge in [-0.25, -0.2) is 13.8 Å². The maximum Gasteiger partial charge on any atom is 0.264 e. The van der Waals surface area contributed by atoms with Crippen LogP contribution in [0.4, 0.5) is 5.69 Å². The van der Waals surface area contributed by atoms with Crippen molar-refractivity contribution in [3.05, 3.63) is 111 Å². The number of carbonyl (C=O) groups excluding carboxylic acids is 1. The molecule has 0 aromatic heterocycles. The Kier molecular flexibility index (Phi) is 10.9. The van der Waals surface area contributed by atoms with E-state index in [-0.39, 0.29) is 22.2 Å². The van der Waals surface area contributed by atoms with Crippen molar-refractivity contribution in [2.75, 3.05) is 25.1 Å². The summed E-state index contributed by atoms with van der Waals surface area (Å²) in [6, 6.07) is 23.0. The number of anilines is 1. The van der Waals surface area contributed by atoms with Crippen LogP contribution >= 0.6 is 39.1 Å². The van der Waals surface area contributed by atoms with Gasteiger partial charge < -0.3 is 14.2 Å². The minimum Gasteiger partial charge on any atom is -0.495 e. The van der Waals surface area contributed by atoms with Crippen LogP contribution in [0.25, 0.3) is 0 Å². The number of rotatable bonds is 12. The summed E-state index contributed by atoms with van der Waals surface area (Å²) in [5, 5.41) is 4.78. The molecule has 0 heterocycles. The van der Waals surface area contributed by atoms with Gasteiger partial charge in [0.2, 0.25) is 0 Å². The zero-order valence-corrected chi connectivity index (χ0v) is 26.9. The number of nitrogens with zero attached hydrogens (tertiary/aromatic N) is 2. The molecule has 0 saturated heterocycles. The van der Waals surface area contributed by atoms with Crippen LogP contribution in [0.2, 0.25) is 10.0 Å². The highest BCUT2D eigenvalue weighted by atomic mass is 79.9. The van der Waals surface area contributed by atoms with Crippen molar-refractivity contribution in [3.63, 3.8) is 0 Å². The van der Waals surface area contributed by atoms with Crippen LogP contribution in [-0.2, 0) is 21.4 Å². The zero-order valence-electron chi connectivity index (χ0n) is 23.0. The second kappa shape index (κ2) is 14.6. The summed E-state index contributed by atoms with van der Waals surface area (Å²) in [6.07, 6.45) is 1.39. The molecule has 0 radical (unpaired) electrons. The number of hydrogen-bond donors (Lipinski definition) is 1. The highest BCUT2D eigenvalue weighted by Crippen LogP contribution is 2.37. The fraction of sp³-hybridized carbons (Fsp3) is 0.133. The quantitative estimate of drug-likeness (QED) is 0.130. The van der Waals surface area contributed by atoms with Crippen molar-refractivity contribution in [1.29, 1.82) is 0 Å². The topological polar surface area (TPSA) is 107 Å². The third-order valence-electron chi connectivity index (χ3n) is 6.03. The van der Waals surface area contributed by atoms with Crippen LogP contribution in [-0.4, -0.2) is 41.3 Å². The number of ether oxygens (including phenoxy) is 3. The van der Waals surface area contributed by atoms with E-state index in [0.717, 1.165) is 9.87 Å². The lowest BCUT2D eigenvalue weighted by molar-refractivity contribution is -0.119. The molecule has 1 N–H and O–H groups in total. The van der Waals surface area contributed by atoms with Gasteiger partial charge in [0.05, 0.1) is 40.5 Å². The molecule has 0 spiro atoms. The minimum absolute atomic E-state index is 0.00651. The summed E-state index contributed by atoms with van der Waals surface area (Å²) in [4.78, 5) is 12.9. The molecule has 1 amide bonds. The van der Waals surface area contributed by atoms with Crippen LogP contribution in [0.3, 0.4) is 0 Å². The smallest absolute Gasteiger partial charge is 0.264 e. The average Bonchev–Trinajstić information content (AvgIpc) is 3.00. The van der Waals surface area contributed by atoms with Crippen molar-refractivity contribution in [2.24, 2.45) is 5.10 Å². The number of amides is 1. The van der Waals surface area contributed by atoms with Gasteiger partial charge in [-0.2, -0.15) is 5.10 Å². The van der Waals surface area contributed by atoms with Gasteiger partial charge in [0.15, 0.2) is 11.5 Å². The molecule has 4 aromatic carbocycles. The van der Waals surface area contributed by atoms with Crippen LogP contribution in [0.15, 0.2) is 99.4 Å². The Labute approximate surface area is 268 Å². The first-order valence-corrected chi connectivity index (χ1v) is 15.6. The van der Waals surface area contributed by atoms with Crippen molar-refractivity contribution in [2.45, 2.75) is 11.5 Å². The van der Waals surface area contributed by atoms with E-state index in [0.29, 0.717) is 32.3 Å². The molecule has 43 heavy (non-hydrogen) atoms. The highest BCUT2D eigenvalue weighted by molar-refractivity contribution is 9.10. The van der Waals surface area contributed by atoms with E-state index in [1.165, 1.54) is 50.8 Å². The van der Waals surface area contributed by atoms with E-state index in [1.54, 1.807) is 36.4 Å². The normalized spacial score (nSPS) is 11.3. The first kappa shape index (κ1) is 32.2. The van der Waals surface area contributed by atoms with Crippen LogP contribution in [0, 0.1) is 0 Å². The first-order valence-electron chi connectivity index (χ1n) is 12.6. The number of nitrogens with one attached hydrogen (secondary N) is 1. The lowest BCUT2D eigenvalue weighted by atomic mass is 10.2. The van der Waals surface area contributed by atoms with Crippen molar-refractivity contribution in [1.82, 2.24) is 5.43 Å². The number of sulfonamides is 1. The van der Waals surface area contributed by atoms with E-state index in [1.807, 2.05) is 18.2 Å². The number of hydrazone groups is 1. The fourth-order valence-corrected chi connectivity index (χ4v) is 6.36. The minimum atomic E-state index is -4.13. The van der Waals surface area contributed by atoms with Gasteiger partial charge in [0.25, 0.3) is 15.9 Å². The van der Waals surface area contributed by atoms with Gasteiger partial charge in [-0.1, -0.05) is 59.6 Å². The van der Waals surface area contributed by atoms with Crippen molar-refractivity contribution in [3.8, 4) is 17.2 Å². The number of carbonyl (C=O) groups is 1. The van der Waals surface area contributed by atoms with E-state index in [2.05, 4.69) is 26.5 Å².